The summed E-state index contributed by atoms with van der Waals surface area (Å²) in [5, 5.41) is 9.37. The van der Waals surface area contributed by atoms with Gasteiger partial charge in [0.15, 0.2) is 0 Å². The lowest BCUT2D eigenvalue weighted by molar-refractivity contribution is -0.164. The molecule has 0 unspecified atom stereocenters. The van der Waals surface area contributed by atoms with Crippen molar-refractivity contribution in [3.05, 3.63) is 96.1 Å². The summed E-state index contributed by atoms with van der Waals surface area (Å²) in [5.41, 5.74) is 0.305. The van der Waals surface area contributed by atoms with E-state index in [1.54, 1.807) is 27.8 Å². The van der Waals surface area contributed by atoms with Gasteiger partial charge in [-0.05, 0) is 43.7 Å². The largest absolute Gasteiger partial charge is 0.455 e. The number of carbonyl (C=O) groups is 4. The number of unbranched alkanes of at least 4 members (excludes halogenated alkanes) is 2. The molecule has 254 valence electrons. The summed E-state index contributed by atoms with van der Waals surface area (Å²) in [4.78, 5) is 61.8. The molecule has 10 nitrogen and oxygen atoms in total. The van der Waals surface area contributed by atoms with Crippen molar-refractivity contribution in [2.24, 2.45) is 11.8 Å². The second kappa shape index (κ2) is 14.5. The lowest BCUT2D eigenvalue weighted by atomic mass is 9.77. The van der Waals surface area contributed by atoms with Gasteiger partial charge in [-0.25, -0.2) is 0 Å². The third-order valence-corrected chi connectivity index (χ3v) is 10.3. The normalized spacial score (nSPS) is 31.4. The van der Waals surface area contributed by atoms with E-state index in [0.717, 1.165) is 11.1 Å². The number of amides is 3. The number of aliphatic hydroxyl groups excluding tert-OH is 1. The number of likely N-dealkylation sites (N-methyl/N-ethyl adjacent to an activating group) is 1. The number of allylic oxidation sites excluding steroid dienone is 1. The molecule has 2 fully saturated rings. The Morgan fingerprint density at radius 2 is 1.65 bits per heavy atom. The molecule has 2 saturated heterocycles. The number of carbonyl (C=O) groups excluding carboxylic acids is 4. The molecule has 1 N–H and O–H groups in total. The highest BCUT2D eigenvalue weighted by Crippen LogP contribution is 2.53. The Kier molecular flexibility index (Phi) is 10.1. The fraction of sp³-hybridized carbons (Fsp3) is 0.474. The third-order valence-electron chi connectivity index (χ3n) is 10.3. The zero-order valence-electron chi connectivity index (χ0n) is 27.6. The van der Waals surface area contributed by atoms with Gasteiger partial charge in [-0.15, -0.1) is 0 Å². The second-order valence-corrected chi connectivity index (χ2v) is 13.2. The van der Waals surface area contributed by atoms with Crippen molar-refractivity contribution >= 4 is 23.7 Å². The lowest BCUT2D eigenvalue weighted by Gasteiger charge is -2.35. The van der Waals surface area contributed by atoms with Gasteiger partial charge in [0.25, 0.3) is 0 Å². The molecule has 7 atom stereocenters. The van der Waals surface area contributed by atoms with E-state index in [1.807, 2.05) is 85.8 Å². The monoisotopic (exact) mass is 655 g/mol. The van der Waals surface area contributed by atoms with Crippen molar-refractivity contribution in [3.8, 4) is 0 Å². The summed E-state index contributed by atoms with van der Waals surface area (Å²) in [6.45, 7) is 2.88. The average molecular weight is 656 g/mol. The minimum absolute atomic E-state index is 0.0449. The van der Waals surface area contributed by atoms with Crippen LogP contribution in [-0.4, -0.2) is 94.0 Å². The van der Waals surface area contributed by atoms with Crippen LogP contribution in [0.2, 0.25) is 0 Å². The number of likely N-dealkylation sites (tertiary alicyclic amines) is 1. The Labute approximate surface area is 282 Å². The number of aliphatic hydroxyl groups is 1. The predicted molar refractivity (Wildman–Crippen MR) is 178 cm³/mol. The zero-order valence-corrected chi connectivity index (χ0v) is 27.6. The molecule has 1 spiro atoms. The molecule has 48 heavy (non-hydrogen) atoms. The van der Waals surface area contributed by atoms with Crippen molar-refractivity contribution in [3.63, 3.8) is 0 Å². The molecular formula is C38H45N3O7. The van der Waals surface area contributed by atoms with Gasteiger partial charge in [-0.3, -0.25) is 19.2 Å². The van der Waals surface area contributed by atoms with E-state index in [9.17, 15) is 24.3 Å². The van der Waals surface area contributed by atoms with Gasteiger partial charge in [0, 0.05) is 39.7 Å². The molecule has 0 saturated carbocycles. The van der Waals surface area contributed by atoms with Crippen LogP contribution in [0.5, 0.6) is 0 Å². The summed E-state index contributed by atoms with van der Waals surface area (Å²) >= 11 is 0. The van der Waals surface area contributed by atoms with Crippen molar-refractivity contribution in [1.82, 2.24) is 14.7 Å². The van der Waals surface area contributed by atoms with Gasteiger partial charge in [0.1, 0.15) is 23.7 Å². The number of fused-ring (bicyclic) bond motifs is 2. The van der Waals surface area contributed by atoms with Gasteiger partial charge >= 0.3 is 5.97 Å². The fourth-order valence-electron chi connectivity index (χ4n) is 7.69. The van der Waals surface area contributed by atoms with Crippen LogP contribution in [0.4, 0.5) is 0 Å². The van der Waals surface area contributed by atoms with E-state index < -0.39 is 47.7 Å². The standard InChI is InChI=1S/C38H45N3O7/c1-26-33(28-17-8-4-9-18-28)47-37(46)31-29(19-10-11-20-30(43)39(26)2)48-38-21-14-22-40(25-27-15-6-3-7-16-27)36(45)34(38)41(35(44)32(31)38)23-12-5-13-24-42/h3-4,6-10,14-19,21,26,29,31-34,42H,5,11-13,20,22-25H2,1-2H3/b19-10-/t26-,29-,31+,32+,33+,34-,38+/m1/s1. The quantitative estimate of drug-likeness (QED) is 0.261. The summed E-state index contributed by atoms with van der Waals surface area (Å²) < 4.78 is 13.2. The van der Waals surface area contributed by atoms with Gasteiger partial charge in [0.2, 0.25) is 17.7 Å². The maximum Gasteiger partial charge on any atom is 0.313 e. The topological polar surface area (TPSA) is 117 Å². The molecule has 4 heterocycles. The highest BCUT2D eigenvalue weighted by molar-refractivity contribution is 5.99. The lowest BCUT2D eigenvalue weighted by Crippen LogP contribution is -2.55. The Morgan fingerprint density at radius 1 is 0.917 bits per heavy atom. The molecule has 4 aliphatic rings. The molecule has 3 amide bonds. The molecule has 0 bridgehead atoms. The first kappa shape index (κ1) is 33.6. The summed E-state index contributed by atoms with van der Waals surface area (Å²) in [7, 11) is 1.71. The number of ether oxygens (including phenoxy) is 2. The van der Waals surface area contributed by atoms with E-state index in [4.69, 9.17) is 9.47 Å². The van der Waals surface area contributed by atoms with Gasteiger partial charge in [-0.1, -0.05) is 85.0 Å². The van der Waals surface area contributed by atoms with Crippen LogP contribution in [0.15, 0.2) is 85.0 Å². The van der Waals surface area contributed by atoms with E-state index in [0.29, 0.717) is 45.3 Å². The first-order valence-corrected chi connectivity index (χ1v) is 17.0. The molecule has 6 rings (SSSR count). The number of hydrogen-bond acceptors (Lipinski definition) is 7. The van der Waals surface area contributed by atoms with Gasteiger partial charge in [-0.2, -0.15) is 0 Å². The SMILES string of the molecule is C[C@@H]1[C@@H](c2ccccc2)OC(=O)[C@@H]2[C@H]3C(=O)N(CCCCCO)[C@@H]4C(=O)N(Cc5ccccc5)CC=C[C@]34O[C@@H]2/C=C\CCC(=O)N1C. The van der Waals surface area contributed by atoms with Crippen LogP contribution < -0.4 is 0 Å². The minimum atomic E-state index is -1.39. The van der Waals surface area contributed by atoms with Crippen LogP contribution in [0.25, 0.3) is 0 Å². The molecule has 0 aromatic heterocycles. The Hall–Kier alpha value is -4.28. The number of hydrogen-bond donors (Lipinski definition) is 1. The number of nitrogens with zero attached hydrogens (tertiary/aromatic N) is 3. The summed E-state index contributed by atoms with van der Waals surface area (Å²) in [6, 6.07) is 17.6. The molecule has 0 radical (unpaired) electrons. The van der Waals surface area contributed by atoms with E-state index in [1.165, 1.54) is 0 Å². The van der Waals surface area contributed by atoms with Crippen molar-refractivity contribution < 1.29 is 33.8 Å². The van der Waals surface area contributed by atoms with E-state index in [-0.39, 0.29) is 30.7 Å². The first-order chi connectivity index (χ1) is 23.3. The van der Waals surface area contributed by atoms with Crippen LogP contribution >= 0.6 is 0 Å². The summed E-state index contributed by atoms with van der Waals surface area (Å²) in [5.74, 6) is -3.24. The molecular weight excluding hydrogens is 610 g/mol. The van der Waals surface area contributed by atoms with Crippen molar-refractivity contribution in [2.45, 2.75) is 75.5 Å². The number of esters is 1. The molecule has 2 aromatic carbocycles. The molecule has 10 heteroatoms. The van der Waals surface area contributed by atoms with Gasteiger partial charge in [0.05, 0.1) is 18.1 Å². The maximum atomic E-state index is 14.6. The first-order valence-electron chi connectivity index (χ1n) is 17.0. The van der Waals surface area contributed by atoms with Crippen molar-refractivity contribution in [1.29, 1.82) is 0 Å². The van der Waals surface area contributed by atoms with E-state index >= 15 is 0 Å². The van der Waals surface area contributed by atoms with Crippen molar-refractivity contribution in [2.75, 3.05) is 26.7 Å². The highest BCUT2D eigenvalue weighted by Gasteiger charge is 2.71. The number of cyclic esters (lactones) is 1. The Bertz CT molecular complexity index is 1550. The van der Waals surface area contributed by atoms with Crippen LogP contribution in [0, 0.1) is 11.8 Å². The Balaban J connectivity index is 1.40. The zero-order chi connectivity index (χ0) is 33.8. The van der Waals surface area contributed by atoms with Gasteiger partial charge < -0.3 is 29.3 Å². The smallest absolute Gasteiger partial charge is 0.313 e. The van der Waals surface area contributed by atoms with Crippen LogP contribution in [0.3, 0.4) is 0 Å². The fourth-order valence-corrected chi connectivity index (χ4v) is 7.69. The number of benzene rings is 2. The second-order valence-electron chi connectivity index (χ2n) is 13.2. The minimum Gasteiger partial charge on any atom is -0.455 e. The molecule has 0 aliphatic carbocycles. The summed E-state index contributed by atoms with van der Waals surface area (Å²) in [6.07, 6.45) is 8.21. The predicted octanol–water partition coefficient (Wildman–Crippen LogP) is 3.81. The van der Waals surface area contributed by atoms with Crippen LogP contribution in [0.1, 0.15) is 56.3 Å². The third kappa shape index (κ3) is 6.31. The molecule has 2 aromatic rings. The Morgan fingerprint density at radius 3 is 2.38 bits per heavy atom. The van der Waals surface area contributed by atoms with Crippen LogP contribution in [-0.2, 0) is 35.2 Å². The average Bonchev–Trinajstić information content (AvgIpc) is 3.49. The highest BCUT2D eigenvalue weighted by atomic mass is 16.6. The van der Waals surface area contributed by atoms with E-state index in [2.05, 4.69) is 0 Å². The molecule has 4 aliphatic heterocycles. The number of rotatable bonds is 8. The maximum absolute atomic E-state index is 14.6.